The zero-order valence-corrected chi connectivity index (χ0v) is 17.4. The minimum Gasteiger partial charge on any atom is -0.479 e. The van der Waals surface area contributed by atoms with E-state index in [0.29, 0.717) is 25.5 Å². The van der Waals surface area contributed by atoms with E-state index in [1.807, 2.05) is 59.5 Å². The minimum atomic E-state index is -0.156. The van der Waals surface area contributed by atoms with Crippen LogP contribution in [0.1, 0.15) is 40.6 Å². The summed E-state index contributed by atoms with van der Waals surface area (Å²) in [6.07, 6.45) is 1.90. The second kappa shape index (κ2) is 8.22. The Morgan fingerprint density at radius 1 is 1.16 bits per heavy atom. The molecule has 158 valence electrons. The number of aromatic amines is 1. The van der Waals surface area contributed by atoms with Gasteiger partial charge < -0.3 is 14.6 Å². The second-order valence-electron chi connectivity index (χ2n) is 7.82. The third-order valence-corrected chi connectivity index (χ3v) is 5.76. The summed E-state index contributed by atoms with van der Waals surface area (Å²) >= 11 is 0. The molecule has 2 aromatic heterocycles. The highest BCUT2D eigenvalue weighted by Gasteiger charge is 2.31. The number of H-pyrrole nitrogens is 1. The van der Waals surface area contributed by atoms with Gasteiger partial charge in [0.1, 0.15) is 5.82 Å². The molecular weight excluding hydrogens is 392 g/mol. The van der Waals surface area contributed by atoms with E-state index in [4.69, 9.17) is 9.72 Å². The van der Waals surface area contributed by atoms with Crippen LogP contribution in [0.2, 0.25) is 0 Å². The molecule has 1 saturated heterocycles. The number of piperidine rings is 1. The van der Waals surface area contributed by atoms with E-state index in [0.717, 1.165) is 35.3 Å². The van der Waals surface area contributed by atoms with Crippen molar-refractivity contribution in [2.24, 2.45) is 0 Å². The van der Waals surface area contributed by atoms with Gasteiger partial charge in [-0.3, -0.25) is 4.79 Å². The van der Waals surface area contributed by atoms with Gasteiger partial charge in [-0.15, -0.1) is 5.10 Å². The van der Waals surface area contributed by atoms with Gasteiger partial charge in [0, 0.05) is 19.0 Å². The lowest BCUT2D eigenvalue weighted by Crippen LogP contribution is -2.39. The monoisotopic (exact) mass is 416 g/mol. The molecule has 1 aliphatic rings. The third-order valence-electron chi connectivity index (χ3n) is 5.76. The van der Waals surface area contributed by atoms with E-state index in [1.165, 1.54) is 0 Å². The highest BCUT2D eigenvalue weighted by molar-refractivity contribution is 5.94. The fourth-order valence-electron chi connectivity index (χ4n) is 4.20. The molecule has 1 amide bonds. The number of hydrogen-bond acceptors (Lipinski definition) is 5. The fourth-order valence-corrected chi connectivity index (χ4v) is 4.20. The lowest BCUT2D eigenvalue weighted by molar-refractivity contribution is 0.0695. The van der Waals surface area contributed by atoms with Crippen LogP contribution in [0.3, 0.4) is 0 Å². The number of para-hydroxylation sites is 2. The van der Waals surface area contributed by atoms with Crippen molar-refractivity contribution in [3.8, 4) is 5.88 Å². The molecule has 1 N–H and O–H groups in total. The number of benzene rings is 2. The molecule has 1 atom stereocenters. The molecule has 0 bridgehead atoms. The summed E-state index contributed by atoms with van der Waals surface area (Å²) in [6, 6.07) is 17.9. The van der Waals surface area contributed by atoms with Crippen LogP contribution in [-0.2, 0) is 6.54 Å². The summed E-state index contributed by atoms with van der Waals surface area (Å²) in [6.45, 7) is 1.77. The predicted molar refractivity (Wildman–Crippen MR) is 116 cm³/mol. The van der Waals surface area contributed by atoms with Crippen molar-refractivity contribution in [1.29, 1.82) is 0 Å². The number of imidazole rings is 1. The Balaban J connectivity index is 1.36. The molecule has 31 heavy (non-hydrogen) atoms. The maximum atomic E-state index is 13.3. The molecule has 1 fully saturated rings. The summed E-state index contributed by atoms with van der Waals surface area (Å²) in [5, 5.41) is 8.34. The van der Waals surface area contributed by atoms with Gasteiger partial charge in [0.25, 0.3) is 5.91 Å². The zero-order chi connectivity index (χ0) is 21.2. The van der Waals surface area contributed by atoms with E-state index in [1.54, 1.807) is 11.8 Å². The summed E-state index contributed by atoms with van der Waals surface area (Å²) in [7, 11) is 1.55. The summed E-state index contributed by atoms with van der Waals surface area (Å²) in [5.74, 6) is 1.32. The smallest absolute Gasteiger partial charge is 0.280 e. The van der Waals surface area contributed by atoms with E-state index >= 15 is 0 Å². The lowest BCUT2D eigenvalue weighted by atomic mass is 9.97. The molecule has 1 aliphatic heterocycles. The number of aromatic nitrogens is 5. The van der Waals surface area contributed by atoms with Gasteiger partial charge in [0.05, 0.1) is 24.7 Å². The van der Waals surface area contributed by atoms with Gasteiger partial charge in [-0.05, 0) is 30.5 Å². The largest absolute Gasteiger partial charge is 0.479 e. The van der Waals surface area contributed by atoms with Gasteiger partial charge in [-0.25, -0.2) is 9.67 Å². The lowest BCUT2D eigenvalue weighted by Gasteiger charge is -2.31. The molecular formula is C23H24N6O2. The average Bonchev–Trinajstić information content (AvgIpc) is 3.43. The Labute approximate surface area is 179 Å². The normalized spacial score (nSPS) is 16.5. The van der Waals surface area contributed by atoms with Crippen LogP contribution in [0.25, 0.3) is 11.0 Å². The van der Waals surface area contributed by atoms with E-state index in [2.05, 4.69) is 15.3 Å². The summed E-state index contributed by atoms with van der Waals surface area (Å²) in [5.41, 5.74) is 3.29. The maximum Gasteiger partial charge on any atom is 0.280 e. The number of hydrogen-bond donors (Lipinski definition) is 1. The Morgan fingerprint density at radius 2 is 1.97 bits per heavy atom. The highest BCUT2D eigenvalue weighted by atomic mass is 16.5. The summed E-state index contributed by atoms with van der Waals surface area (Å²) < 4.78 is 7.15. The van der Waals surface area contributed by atoms with Crippen LogP contribution in [0.4, 0.5) is 0 Å². The van der Waals surface area contributed by atoms with E-state index < -0.39 is 0 Å². The predicted octanol–water partition coefficient (Wildman–Crippen LogP) is 3.23. The van der Waals surface area contributed by atoms with Crippen LogP contribution in [0, 0.1) is 0 Å². The first kappa shape index (κ1) is 19.3. The zero-order valence-electron chi connectivity index (χ0n) is 17.4. The van der Waals surface area contributed by atoms with Crippen molar-refractivity contribution in [2.45, 2.75) is 25.3 Å². The molecule has 8 nitrogen and oxygen atoms in total. The number of ether oxygens (including phenoxy) is 1. The van der Waals surface area contributed by atoms with Gasteiger partial charge in [-0.1, -0.05) is 47.7 Å². The van der Waals surface area contributed by atoms with Crippen molar-refractivity contribution in [2.75, 3.05) is 20.2 Å². The maximum absolute atomic E-state index is 13.3. The second-order valence-corrected chi connectivity index (χ2v) is 7.82. The number of methoxy groups -OCH3 is 1. The standard InChI is InChI=1S/C23H24N6O2/c1-31-23-20(26-27-29(23)14-16-8-3-2-4-9-16)22(30)28-13-7-10-17(15-28)21-24-18-11-5-6-12-19(18)25-21/h2-6,8-9,11-12,17H,7,10,13-15H2,1H3,(H,24,25). The van der Waals surface area contributed by atoms with Gasteiger partial charge in [0.2, 0.25) is 11.6 Å². The molecule has 0 aliphatic carbocycles. The molecule has 0 spiro atoms. The van der Waals surface area contributed by atoms with Crippen molar-refractivity contribution in [3.05, 3.63) is 71.7 Å². The van der Waals surface area contributed by atoms with E-state index in [9.17, 15) is 4.79 Å². The average molecular weight is 416 g/mol. The number of nitrogens with zero attached hydrogens (tertiary/aromatic N) is 5. The number of carbonyl (C=O) groups is 1. The minimum absolute atomic E-state index is 0.156. The van der Waals surface area contributed by atoms with Crippen molar-refractivity contribution in [3.63, 3.8) is 0 Å². The number of likely N-dealkylation sites (tertiary alicyclic amines) is 1. The first-order valence-corrected chi connectivity index (χ1v) is 10.5. The Morgan fingerprint density at radius 3 is 2.77 bits per heavy atom. The molecule has 0 saturated carbocycles. The first-order chi connectivity index (χ1) is 15.2. The Kier molecular flexibility index (Phi) is 5.11. The van der Waals surface area contributed by atoms with Crippen LogP contribution < -0.4 is 4.74 Å². The van der Waals surface area contributed by atoms with Gasteiger partial charge >= 0.3 is 0 Å². The molecule has 5 rings (SSSR count). The van der Waals surface area contributed by atoms with Crippen molar-refractivity contribution in [1.82, 2.24) is 29.9 Å². The topological polar surface area (TPSA) is 88.9 Å². The molecule has 4 aromatic rings. The fraction of sp³-hybridized carbons (Fsp3) is 0.304. The first-order valence-electron chi connectivity index (χ1n) is 10.5. The number of rotatable bonds is 5. The Hall–Kier alpha value is -3.68. The Bertz CT molecular complexity index is 1170. The number of amides is 1. The van der Waals surface area contributed by atoms with Crippen LogP contribution in [-0.4, -0.2) is 56.0 Å². The van der Waals surface area contributed by atoms with Gasteiger partial charge in [0.15, 0.2) is 0 Å². The van der Waals surface area contributed by atoms with Crippen molar-refractivity contribution >= 4 is 16.9 Å². The third kappa shape index (κ3) is 3.76. The number of carbonyl (C=O) groups excluding carboxylic acids is 1. The summed E-state index contributed by atoms with van der Waals surface area (Å²) in [4.78, 5) is 23.3. The highest BCUT2D eigenvalue weighted by Crippen LogP contribution is 2.28. The molecule has 1 unspecified atom stereocenters. The quantitative estimate of drug-likeness (QED) is 0.540. The number of fused-ring (bicyclic) bond motifs is 1. The van der Waals surface area contributed by atoms with Crippen LogP contribution in [0.15, 0.2) is 54.6 Å². The number of nitrogens with one attached hydrogen (secondary N) is 1. The molecule has 8 heteroatoms. The SMILES string of the molecule is COc1c(C(=O)N2CCCC(c3nc4ccccc4[nH]3)C2)nnn1Cc1ccccc1. The van der Waals surface area contributed by atoms with Crippen molar-refractivity contribution < 1.29 is 9.53 Å². The molecule has 3 heterocycles. The molecule has 0 radical (unpaired) electrons. The van der Waals surface area contributed by atoms with E-state index in [-0.39, 0.29) is 17.5 Å². The van der Waals surface area contributed by atoms with Gasteiger partial charge in [-0.2, -0.15) is 0 Å². The molecule has 2 aromatic carbocycles. The van der Waals surface area contributed by atoms with Crippen LogP contribution in [0.5, 0.6) is 5.88 Å². The van der Waals surface area contributed by atoms with Crippen LogP contribution >= 0.6 is 0 Å².